The molecule has 0 aliphatic heterocycles. The maximum Gasteiger partial charge on any atom is 0.418 e. The number of alkyl halides is 3. The van der Waals surface area contributed by atoms with Crippen LogP contribution in [0.2, 0.25) is 0 Å². The monoisotopic (exact) mass is 542 g/mol. The van der Waals surface area contributed by atoms with E-state index in [9.17, 15) is 32.7 Å². The predicted octanol–water partition coefficient (Wildman–Crippen LogP) is 6.47. The number of hydrogen-bond acceptors (Lipinski definition) is 5. The molecule has 0 saturated heterocycles. The number of nitrogens with zero attached hydrogens (tertiary/aromatic N) is 2. The second-order valence-corrected chi connectivity index (χ2v) is 9.53. The van der Waals surface area contributed by atoms with Crippen LogP contribution in [0.25, 0.3) is 11.1 Å². The minimum Gasteiger partial charge on any atom is -0.465 e. The Balaban J connectivity index is 1.89. The SMILES string of the molecule is Cc1cc(-c2cccc(C(=O)CC(=O)Nc3cc(C(F)(F)F)c(N(C)CC(C)C)cc3NC(=O)O)c2)ccn1. The molecule has 3 N–H and O–H groups in total. The molecule has 3 rings (SSSR count). The van der Waals surface area contributed by atoms with E-state index in [0.717, 1.165) is 22.9 Å². The van der Waals surface area contributed by atoms with Gasteiger partial charge in [-0.15, -0.1) is 0 Å². The largest absolute Gasteiger partial charge is 0.465 e. The number of carbonyl (C=O) groups is 3. The van der Waals surface area contributed by atoms with Gasteiger partial charge in [0.25, 0.3) is 0 Å². The molecule has 2 amide bonds. The Morgan fingerprint density at radius 3 is 2.28 bits per heavy atom. The first kappa shape index (κ1) is 29.2. The van der Waals surface area contributed by atoms with E-state index in [0.29, 0.717) is 6.07 Å². The number of ketones is 1. The lowest BCUT2D eigenvalue weighted by atomic mass is 10.0. The van der Waals surface area contributed by atoms with Crippen molar-refractivity contribution in [3.05, 3.63) is 71.5 Å². The Morgan fingerprint density at radius 2 is 1.67 bits per heavy atom. The molecular weight excluding hydrogens is 513 g/mol. The fraction of sp³-hybridized carbons (Fsp3) is 0.286. The van der Waals surface area contributed by atoms with Crippen LogP contribution in [0, 0.1) is 12.8 Å². The van der Waals surface area contributed by atoms with Crippen molar-refractivity contribution in [3.8, 4) is 11.1 Å². The summed E-state index contributed by atoms with van der Waals surface area (Å²) in [4.78, 5) is 42.5. The number of hydrogen-bond donors (Lipinski definition) is 3. The van der Waals surface area contributed by atoms with Gasteiger partial charge in [0.15, 0.2) is 5.78 Å². The Morgan fingerprint density at radius 1 is 1.00 bits per heavy atom. The molecule has 1 heterocycles. The molecule has 0 aliphatic carbocycles. The van der Waals surface area contributed by atoms with E-state index in [1.807, 2.05) is 32.2 Å². The summed E-state index contributed by atoms with van der Waals surface area (Å²) in [6.45, 7) is 5.77. The number of amides is 2. The third-order valence-corrected chi connectivity index (χ3v) is 5.74. The van der Waals surface area contributed by atoms with Gasteiger partial charge >= 0.3 is 12.3 Å². The van der Waals surface area contributed by atoms with Gasteiger partial charge in [-0.05, 0) is 54.3 Å². The molecule has 1 aromatic heterocycles. The van der Waals surface area contributed by atoms with E-state index in [1.165, 1.54) is 18.0 Å². The fourth-order valence-electron chi connectivity index (χ4n) is 4.14. The quantitative estimate of drug-likeness (QED) is 0.211. The second kappa shape index (κ2) is 12.0. The van der Waals surface area contributed by atoms with E-state index in [4.69, 9.17) is 0 Å². The number of nitrogens with one attached hydrogen (secondary N) is 2. The van der Waals surface area contributed by atoms with E-state index < -0.39 is 41.6 Å². The lowest BCUT2D eigenvalue weighted by Crippen LogP contribution is -2.26. The van der Waals surface area contributed by atoms with Crippen molar-refractivity contribution < 1.29 is 32.7 Å². The van der Waals surface area contributed by atoms with Crippen LogP contribution in [0.4, 0.5) is 35.0 Å². The smallest absolute Gasteiger partial charge is 0.418 e. The Labute approximate surface area is 223 Å². The summed E-state index contributed by atoms with van der Waals surface area (Å²) in [5, 5.41) is 13.6. The van der Waals surface area contributed by atoms with E-state index in [-0.39, 0.29) is 29.4 Å². The zero-order valence-corrected chi connectivity index (χ0v) is 21.9. The molecule has 39 heavy (non-hydrogen) atoms. The van der Waals surface area contributed by atoms with Crippen molar-refractivity contribution in [1.29, 1.82) is 0 Å². The van der Waals surface area contributed by atoms with Gasteiger partial charge < -0.3 is 15.3 Å². The number of Topliss-reactive ketones (excluding diaryl/α,β-unsaturated/α-hetero) is 1. The van der Waals surface area contributed by atoms with Crippen LogP contribution in [-0.2, 0) is 11.0 Å². The van der Waals surface area contributed by atoms with Crippen LogP contribution in [0.5, 0.6) is 0 Å². The van der Waals surface area contributed by atoms with Crippen LogP contribution in [-0.4, -0.2) is 41.5 Å². The zero-order valence-electron chi connectivity index (χ0n) is 21.9. The molecule has 3 aromatic rings. The highest BCUT2D eigenvalue weighted by atomic mass is 19.4. The lowest BCUT2D eigenvalue weighted by molar-refractivity contribution is -0.137. The van der Waals surface area contributed by atoms with E-state index in [1.54, 1.807) is 30.5 Å². The van der Waals surface area contributed by atoms with Crippen molar-refractivity contribution >= 4 is 34.8 Å². The van der Waals surface area contributed by atoms with Gasteiger partial charge in [-0.25, -0.2) is 4.79 Å². The minimum absolute atomic E-state index is 0.0263. The highest BCUT2D eigenvalue weighted by Gasteiger charge is 2.36. The van der Waals surface area contributed by atoms with Crippen molar-refractivity contribution in [2.24, 2.45) is 5.92 Å². The van der Waals surface area contributed by atoms with Gasteiger partial charge in [0.1, 0.15) is 0 Å². The maximum absolute atomic E-state index is 14.0. The summed E-state index contributed by atoms with van der Waals surface area (Å²) in [6.07, 6.45) is -5.34. The summed E-state index contributed by atoms with van der Waals surface area (Å²) in [6, 6.07) is 11.9. The zero-order chi connectivity index (χ0) is 28.9. The number of benzene rings is 2. The van der Waals surface area contributed by atoms with Crippen molar-refractivity contribution in [3.63, 3.8) is 0 Å². The van der Waals surface area contributed by atoms with Gasteiger partial charge in [0.2, 0.25) is 5.91 Å². The molecule has 0 spiro atoms. The average Bonchev–Trinajstić information content (AvgIpc) is 2.83. The highest BCUT2D eigenvalue weighted by molar-refractivity contribution is 6.12. The number of carboxylic acid groups (broad SMARTS) is 1. The van der Waals surface area contributed by atoms with Gasteiger partial charge in [-0.2, -0.15) is 13.2 Å². The number of anilines is 3. The van der Waals surface area contributed by atoms with Gasteiger partial charge in [0, 0.05) is 31.0 Å². The molecule has 0 bridgehead atoms. The van der Waals surface area contributed by atoms with Crippen molar-refractivity contribution in [1.82, 2.24) is 4.98 Å². The van der Waals surface area contributed by atoms with Crippen LogP contribution in [0.15, 0.2) is 54.7 Å². The summed E-state index contributed by atoms with van der Waals surface area (Å²) >= 11 is 0. The third-order valence-electron chi connectivity index (χ3n) is 5.74. The summed E-state index contributed by atoms with van der Waals surface area (Å²) < 4.78 is 41.9. The van der Waals surface area contributed by atoms with Crippen molar-refractivity contribution in [2.45, 2.75) is 33.4 Å². The molecule has 8 nitrogen and oxygen atoms in total. The van der Waals surface area contributed by atoms with E-state index in [2.05, 4.69) is 10.3 Å². The first-order valence-electron chi connectivity index (χ1n) is 12.1. The number of rotatable bonds is 9. The second-order valence-electron chi connectivity index (χ2n) is 9.53. The van der Waals surface area contributed by atoms with Crippen molar-refractivity contribution in [2.75, 3.05) is 29.1 Å². The number of halogens is 3. The number of aromatic nitrogens is 1. The topological polar surface area (TPSA) is 112 Å². The van der Waals surface area contributed by atoms with Gasteiger partial charge in [-0.1, -0.05) is 32.0 Å². The van der Waals surface area contributed by atoms with Gasteiger partial charge in [-0.3, -0.25) is 19.9 Å². The maximum atomic E-state index is 14.0. The molecule has 0 unspecified atom stereocenters. The van der Waals surface area contributed by atoms with Crippen LogP contribution >= 0.6 is 0 Å². The molecule has 0 aliphatic rings. The standard InChI is InChI=1S/C28H29F3N4O4/c1-16(2)15-35(4)24-13-23(34-27(38)39)22(12-21(24)28(29,30)31)33-26(37)14-25(36)20-7-5-6-18(11-20)19-8-9-32-17(3)10-19/h5-13,16,34H,14-15H2,1-4H3,(H,33,37)(H,38,39). The Kier molecular flexibility index (Phi) is 8.95. The normalized spacial score (nSPS) is 11.3. The summed E-state index contributed by atoms with van der Waals surface area (Å²) in [5.74, 6) is -1.43. The van der Waals surface area contributed by atoms with Crippen LogP contribution < -0.4 is 15.5 Å². The molecule has 0 radical (unpaired) electrons. The third kappa shape index (κ3) is 7.79. The van der Waals surface area contributed by atoms with Crippen LogP contribution in [0.3, 0.4) is 0 Å². The van der Waals surface area contributed by atoms with E-state index >= 15 is 0 Å². The molecule has 206 valence electrons. The highest BCUT2D eigenvalue weighted by Crippen LogP contribution is 2.41. The fourth-order valence-corrected chi connectivity index (χ4v) is 4.14. The molecule has 0 fully saturated rings. The number of pyridine rings is 1. The first-order valence-corrected chi connectivity index (χ1v) is 12.1. The number of aryl methyl sites for hydroxylation is 1. The number of carbonyl (C=O) groups excluding carboxylic acids is 2. The predicted molar refractivity (Wildman–Crippen MR) is 143 cm³/mol. The summed E-state index contributed by atoms with van der Waals surface area (Å²) in [5.41, 5.74) is 0.614. The van der Waals surface area contributed by atoms with Crippen LogP contribution in [0.1, 0.15) is 41.9 Å². The Bertz CT molecular complexity index is 1390. The average molecular weight is 543 g/mol. The first-order chi connectivity index (χ1) is 18.2. The lowest BCUT2D eigenvalue weighted by Gasteiger charge is -2.27. The minimum atomic E-state index is -4.79. The Hall–Kier alpha value is -4.41. The molecular formula is C28H29F3N4O4. The van der Waals surface area contributed by atoms with Gasteiger partial charge in [0.05, 0.1) is 29.0 Å². The molecule has 11 heteroatoms. The summed E-state index contributed by atoms with van der Waals surface area (Å²) in [7, 11) is 1.47. The molecule has 0 saturated carbocycles. The molecule has 0 atom stereocenters. The molecule has 2 aromatic carbocycles.